The van der Waals surface area contributed by atoms with Gasteiger partial charge in [0.2, 0.25) is 0 Å². The summed E-state index contributed by atoms with van der Waals surface area (Å²) in [5.74, 6) is -0.0503. The number of hydrogen-bond donors (Lipinski definition) is 1. The number of fused-ring (bicyclic) bond motifs is 1. The van der Waals surface area contributed by atoms with Crippen molar-refractivity contribution in [1.29, 1.82) is 0 Å². The standard InChI is InChI=1S/C22H22FNO5/c23-16-5-3-15(4-6-16)22(9-1-2-10-22)21(26)29-14-20(25)24-17-7-8-18-19(13-17)28-12-11-27-18/h3-8,13H,1-2,9-12,14H2,(H,24,25). The molecule has 1 amide bonds. The number of carbonyl (C=O) groups is 2. The van der Waals surface area contributed by atoms with Crippen LogP contribution in [0.5, 0.6) is 11.5 Å². The van der Waals surface area contributed by atoms with Gasteiger partial charge in [-0.1, -0.05) is 25.0 Å². The summed E-state index contributed by atoms with van der Waals surface area (Å²) in [5, 5.41) is 2.70. The minimum Gasteiger partial charge on any atom is -0.486 e. The summed E-state index contributed by atoms with van der Waals surface area (Å²) in [6.07, 6.45) is 3.02. The molecule has 1 aliphatic heterocycles. The van der Waals surface area contributed by atoms with Crippen molar-refractivity contribution in [3.8, 4) is 11.5 Å². The molecular weight excluding hydrogens is 377 g/mol. The number of rotatable bonds is 5. The Kier molecular flexibility index (Phi) is 5.38. The molecular formula is C22H22FNO5. The van der Waals surface area contributed by atoms with Crippen molar-refractivity contribution >= 4 is 17.6 Å². The molecule has 1 N–H and O–H groups in total. The van der Waals surface area contributed by atoms with Crippen LogP contribution in [0.15, 0.2) is 42.5 Å². The molecule has 6 nitrogen and oxygen atoms in total. The van der Waals surface area contributed by atoms with E-state index in [0.29, 0.717) is 43.2 Å². The Morgan fingerprint density at radius 1 is 1.00 bits per heavy atom. The first-order valence-electron chi connectivity index (χ1n) is 9.70. The Morgan fingerprint density at radius 2 is 1.69 bits per heavy atom. The molecule has 1 heterocycles. The van der Waals surface area contributed by atoms with E-state index >= 15 is 0 Å². The van der Waals surface area contributed by atoms with Crippen molar-refractivity contribution in [1.82, 2.24) is 0 Å². The number of ether oxygens (including phenoxy) is 3. The van der Waals surface area contributed by atoms with Gasteiger partial charge in [-0.2, -0.15) is 0 Å². The summed E-state index contributed by atoms with van der Waals surface area (Å²) < 4.78 is 29.6. The topological polar surface area (TPSA) is 73.9 Å². The van der Waals surface area contributed by atoms with Gasteiger partial charge in [0.25, 0.3) is 5.91 Å². The molecule has 1 aliphatic carbocycles. The summed E-state index contributed by atoms with van der Waals surface area (Å²) in [4.78, 5) is 25.1. The smallest absolute Gasteiger partial charge is 0.317 e. The van der Waals surface area contributed by atoms with E-state index in [-0.39, 0.29) is 5.82 Å². The largest absolute Gasteiger partial charge is 0.486 e. The number of halogens is 1. The molecule has 0 atom stereocenters. The van der Waals surface area contributed by atoms with E-state index in [1.165, 1.54) is 12.1 Å². The SMILES string of the molecule is O=C(COC(=O)C1(c2ccc(F)cc2)CCCC1)Nc1ccc2c(c1)OCCO2. The molecule has 0 saturated heterocycles. The third kappa shape index (κ3) is 4.04. The van der Waals surface area contributed by atoms with Crippen LogP contribution in [-0.2, 0) is 19.7 Å². The van der Waals surface area contributed by atoms with Gasteiger partial charge in [-0.3, -0.25) is 9.59 Å². The quantitative estimate of drug-likeness (QED) is 0.778. The normalized spacial score (nSPS) is 16.9. The number of carbonyl (C=O) groups excluding carboxylic acids is 2. The van der Waals surface area contributed by atoms with E-state index < -0.39 is 23.9 Å². The monoisotopic (exact) mass is 399 g/mol. The van der Waals surface area contributed by atoms with Gasteiger partial charge in [0.1, 0.15) is 19.0 Å². The first kappa shape index (κ1) is 19.2. The highest BCUT2D eigenvalue weighted by Gasteiger charge is 2.44. The van der Waals surface area contributed by atoms with Crippen LogP contribution in [-0.4, -0.2) is 31.7 Å². The van der Waals surface area contributed by atoms with E-state index in [2.05, 4.69) is 5.32 Å². The van der Waals surface area contributed by atoms with E-state index in [0.717, 1.165) is 18.4 Å². The number of esters is 1. The predicted molar refractivity (Wildman–Crippen MR) is 104 cm³/mol. The first-order valence-corrected chi connectivity index (χ1v) is 9.70. The van der Waals surface area contributed by atoms with Crippen LogP contribution in [0.1, 0.15) is 31.2 Å². The third-order valence-electron chi connectivity index (χ3n) is 5.40. The van der Waals surface area contributed by atoms with Crippen molar-refractivity contribution < 1.29 is 28.2 Å². The van der Waals surface area contributed by atoms with Crippen LogP contribution in [0.4, 0.5) is 10.1 Å². The van der Waals surface area contributed by atoms with Crippen molar-refractivity contribution in [2.75, 3.05) is 25.1 Å². The molecule has 4 rings (SSSR count). The first-order chi connectivity index (χ1) is 14.1. The molecule has 0 aromatic heterocycles. The van der Waals surface area contributed by atoms with Gasteiger partial charge in [0, 0.05) is 11.8 Å². The Balaban J connectivity index is 1.39. The maximum atomic E-state index is 13.3. The molecule has 152 valence electrons. The number of hydrogen-bond acceptors (Lipinski definition) is 5. The lowest BCUT2D eigenvalue weighted by Crippen LogP contribution is -2.36. The zero-order valence-corrected chi connectivity index (χ0v) is 15.9. The lowest BCUT2D eigenvalue weighted by atomic mass is 9.79. The second-order valence-electron chi connectivity index (χ2n) is 7.28. The fourth-order valence-corrected chi connectivity index (χ4v) is 3.95. The molecule has 0 radical (unpaired) electrons. The zero-order chi connectivity index (χ0) is 20.3. The van der Waals surface area contributed by atoms with Crippen molar-refractivity contribution in [3.05, 3.63) is 53.8 Å². The van der Waals surface area contributed by atoms with E-state index in [1.807, 2.05) is 0 Å². The Morgan fingerprint density at radius 3 is 2.41 bits per heavy atom. The van der Waals surface area contributed by atoms with Crippen LogP contribution in [0, 0.1) is 5.82 Å². The van der Waals surface area contributed by atoms with Crippen molar-refractivity contribution in [3.63, 3.8) is 0 Å². The second kappa shape index (κ2) is 8.11. The molecule has 0 unspecified atom stereocenters. The molecule has 1 saturated carbocycles. The highest BCUT2D eigenvalue weighted by molar-refractivity contribution is 5.94. The number of anilines is 1. The summed E-state index contributed by atoms with van der Waals surface area (Å²) in [6, 6.07) is 11.0. The van der Waals surface area contributed by atoms with Gasteiger partial charge in [-0.05, 0) is 42.7 Å². The van der Waals surface area contributed by atoms with E-state index in [4.69, 9.17) is 14.2 Å². The highest BCUT2D eigenvalue weighted by atomic mass is 19.1. The third-order valence-corrected chi connectivity index (χ3v) is 5.40. The van der Waals surface area contributed by atoms with Gasteiger partial charge in [-0.25, -0.2) is 4.39 Å². The molecule has 0 bridgehead atoms. The Hall–Kier alpha value is -3.09. The summed E-state index contributed by atoms with van der Waals surface area (Å²) >= 11 is 0. The minimum absolute atomic E-state index is 0.353. The lowest BCUT2D eigenvalue weighted by molar-refractivity contribution is -0.153. The minimum atomic E-state index is -0.815. The predicted octanol–water partition coefficient (Wildman–Crippen LogP) is 3.59. The summed E-state index contributed by atoms with van der Waals surface area (Å²) in [5.41, 5.74) is 0.448. The van der Waals surface area contributed by atoms with Crippen LogP contribution in [0.3, 0.4) is 0 Å². The number of amides is 1. The molecule has 2 aromatic carbocycles. The van der Waals surface area contributed by atoms with Gasteiger partial charge in [-0.15, -0.1) is 0 Å². The highest BCUT2D eigenvalue weighted by Crippen LogP contribution is 2.42. The maximum absolute atomic E-state index is 13.3. The maximum Gasteiger partial charge on any atom is 0.317 e. The fourth-order valence-electron chi connectivity index (χ4n) is 3.95. The van der Waals surface area contributed by atoms with Gasteiger partial charge >= 0.3 is 5.97 Å². The molecule has 2 aromatic rings. The Labute approximate surface area is 168 Å². The van der Waals surface area contributed by atoms with Crippen LogP contribution in [0.25, 0.3) is 0 Å². The van der Waals surface area contributed by atoms with E-state index in [9.17, 15) is 14.0 Å². The van der Waals surface area contributed by atoms with Crippen LogP contribution < -0.4 is 14.8 Å². The molecule has 7 heteroatoms. The second-order valence-corrected chi connectivity index (χ2v) is 7.28. The van der Waals surface area contributed by atoms with Crippen molar-refractivity contribution in [2.45, 2.75) is 31.1 Å². The average Bonchev–Trinajstić information content (AvgIpc) is 3.23. The number of benzene rings is 2. The summed E-state index contributed by atoms with van der Waals surface area (Å²) in [7, 11) is 0. The fraction of sp³-hybridized carbons (Fsp3) is 0.364. The Bertz CT molecular complexity index is 906. The molecule has 2 aliphatic rings. The summed E-state index contributed by atoms with van der Waals surface area (Å²) in [6.45, 7) is 0.550. The van der Waals surface area contributed by atoms with Crippen LogP contribution >= 0.6 is 0 Å². The van der Waals surface area contributed by atoms with E-state index in [1.54, 1.807) is 30.3 Å². The van der Waals surface area contributed by atoms with Crippen LogP contribution in [0.2, 0.25) is 0 Å². The average molecular weight is 399 g/mol. The molecule has 29 heavy (non-hydrogen) atoms. The number of nitrogens with one attached hydrogen (secondary N) is 1. The molecule has 0 spiro atoms. The van der Waals surface area contributed by atoms with Crippen molar-refractivity contribution in [2.24, 2.45) is 0 Å². The van der Waals surface area contributed by atoms with Gasteiger partial charge < -0.3 is 19.5 Å². The van der Waals surface area contributed by atoms with Gasteiger partial charge in [0.05, 0.1) is 5.41 Å². The molecule has 1 fully saturated rings. The zero-order valence-electron chi connectivity index (χ0n) is 15.9. The van der Waals surface area contributed by atoms with Gasteiger partial charge in [0.15, 0.2) is 18.1 Å². The lowest BCUT2D eigenvalue weighted by Gasteiger charge is -2.27.